The summed E-state index contributed by atoms with van der Waals surface area (Å²) in [4.78, 5) is 15.6. The van der Waals surface area contributed by atoms with E-state index < -0.39 is 6.04 Å². The molecule has 0 bridgehead atoms. The summed E-state index contributed by atoms with van der Waals surface area (Å²) >= 11 is 0. The van der Waals surface area contributed by atoms with E-state index >= 15 is 0 Å². The molecule has 8 nitrogen and oxygen atoms in total. The van der Waals surface area contributed by atoms with Crippen molar-refractivity contribution < 1.29 is 23.8 Å². The van der Waals surface area contributed by atoms with Crippen molar-refractivity contribution in [2.24, 2.45) is 0 Å². The van der Waals surface area contributed by atoms with E-state index in [1.165, 1.54) is 0 Å². The van der Waals surface area contributed by atoms with Crippen LogP contribution in [0.15, 0.2) is 83.5 Å². The van der Waals surface area contributed by atoms with Gasteiger partial charge in [-0.2, -0.15) is 5.10 Å². The van der Waals surface area contributed by atoms with Gasteiger partial charge in [0.2, 0.25) is 0 Å². The number of H-pyrrole nitrogens is 1. The summed E-state index contributed by atoms with van der Waals surface area (Å²) in [6.45, 7) is 6.89. The number of carbonyl (C=O) groups is 1. The molecule has 8 heteroatoms. The van der Waals surface area contributed by atoms with E-state index in [1.807, 2.05) is 81.4 Å². The number of rotatable bonds is 9. The minimum absolute atomic E-state index is 0.118. The molecule has 2 aromatic heterocycles. The largest absolute Gasteiger partial charge is 0.507 e. The molecule has 3 heterocycles. The molecule has 5 aromatic rings. The first-order chi connectivity index (χ1) is 19.9. The monoisotopic (exact) mass is 549 g/mol. The summed E-state index contributed by atoms with van der Waals surface area (Å²) in [5.74, 6) is 1.77. The molecule has 41 heavy (non-hydrogen) atoms. The Balaban J connectivity index is 1.45. The molecule has 208 valence electrons. The van der Waals surface area contributed by atoms with Crippen LogP contribution in [0.5, 0.6) is 17.2 Å². The zero-order valence-corrected chi connectivity index (χ0v) is 23.2. The van der Waals surface area contributed by atoms with E-state index in [9.17, 15) is 9.90 Å². The van der Waals surface area contributed by atoms with Crippen molar-refractivity contribution in [3.63, 3.8) is 0 Å². The number of phenolic OH excluding ortho intramolecular Hbond substituents is 1. The summed E-state index contributed by atoms with van der Waals surface area (Å²) < 4.78 is 17.8. The van der Waals surface area contributed by atoms with Gasteiger partial charge < -0.3 is 23.9 Å². The quantitative estimate of drug-likeness (QED) is 0.212. The highest BCUT2D eigenvalue weighted by atomic mass is 16.5. The summed E-state index contributed by atoms with van der Waals surface area (Å²) in [7, 11) is 0. The fourth-order valence-electron chi connectivity index (χ4n) is 5.54. The van der Waals surface area contributed by atoms with E-state index in [0.717, 1.165) is 22.3 Å². The highest BCUT2D eigenvalue weighted by Gasteiger charge is 2.43. The lowest BCUT2D eigenvalue weighted by Crippen LogP contribution is -2.29. The van der Waals surface area contributed by atoms with Gasteiger partial charge in [-0.3, -0.25) is 9.89 Å². The van der Waals surface area contributed by atoms with Crippen LogP contribution in [-0.4, -0.2) is 32.7 Å². The number of aromatic amines is 1. The van der Waals surface area contributed by atoms with Crippen LogP contribution in [0.25, 0.3) is 11.3 Å². The normalized spacial score (nSPS) is 14.4. The zero-order valence-electron chi connectivity index (χ0n) is 23.2. The summed E-state index contributed by atoms with van der Waals surface area (Å²) in [6.07, 6.45) is 1.59. The molecule has 0 radical (unpaired) electrons. The predicted octanol–water partition coefficient (Wildman–Crippen LogP) is 6.72. The second-order valence-electron chi connectivity index (χ2n) is 10.2. The minimum atomic E-state index is -0.515. The second-order valence-corrected chi connectivity index (χ2v) is 10.2. The molecular weight excluding hydrogens is 518 g/mol. The molecule has 0 fully saturated rings. The van der Waals surface area contributed by atoms with Crippen LogP contribution in [0.1, 0.15) is 57.0 Å². The molecule has 3 aromatic carbocycles. The fourth-order valence-corrected chi connectivity index (χ4v) is 5.54. The van der Waals surface area contributed by atoms with Gasteiger partial charge in [-0.15, -0.1) is 0 Å². The van der Waals surface area contributed by atoms with Gasteiger partial charge in [-0.1, -0.05) is 42.5 Å². The molecule has 0 saturated heterocycles. The van der Waals surface area contributed by atoms with Gasteiger partial charge in [0.05, 0.1) is 25.5 Å². The van der Waals surface area contributed by atoms with E-state index in [0.29, 0.717) is 53.0 Å². The smallest absolute Gasteiger partial charge is 0.273 e. The Morgan fingerprint density at radius 1 is 1.00 bits per heavy atom. The zero-order chi connectivity index (χ0) is 28.5. The van der Waals surface area contributed by atoms with Gasteiger partial charge in [0.25, 0.3) is 5.91 Å². The maximum Gasteiger partial charge on any atom is 0.273 e. The van der Waals surface area contributed by atoms with Gasteiger partial charge in [-0.25, -0.2) is 0 Å². The average Bonchev–Trinajstić information content (AvgIpc) is 3.68. The third-order valence-electron chi connectivity index (χ3n) is 7.29. The van der Waals surface area contributed by atoms with Crippen molar-refractivity contribution in [3.05, 3.63) is 118 Å². The Hall–Kier alpha value is -4.98. The molecule has 0 aliphatic carbocycles. The number of phenols is 1. The number of benzene rings is 3. The molecule has 1 amide bonds. The average molecular weight is 550 g/mol. The lowest BCUT2D eigenvalue weighted by atomic mass is 9.93. The van der Waals surface area contributed by atoms with Crippen LogP contribution in [-0.2, 0) is 13.2 Å². The fraction of sp³-hybridized carbons (Fsp3) is 0.212. The van der Waals surface area contributed by atoms with Crippen LogP contribution in [0.4, 0.5) is 0 Å². The molecule has 1 aliphatic rings. The van der Waals surface area contributed by atoms with Crippen molar-refractivity contribution in [2.45, 2.75) is 40.0 Å². The second kappa shape index (κ2) is 10.9. The maximum absolute atomic E-state index is 13.8. The molecule has 1 atom stereocenters. The van der Waals surface area contributed by atoms with Crippen molar-refractivity contribution in [3.8, 4) is 28.5 Å². The number of furan rings is 1. The third kappa shape index (κ3) is 4.93. The number of hydrogen-bond acceptors (Lipinski definition) is 6. The number of ether oxygens (including phenoxy) is 2. The third-order valence-corrected chi connectivity index (χ3v) is 7.29. The topological polar surface area (TPSA) is 101 Å². The lowest BCUT2D eigenvalue weighted by Gasteiger charge is -2.26. The molecule has 2 N–H and O–H groups in total. The van der Waals surface area contributed by atoms with Crippen LogP contribution in [0, 0.1) is 13.8 Å². The number of aryl methyl sites for hydroxylation is 2. The molecule has 1 aliphatic heterocycles. The first-order valence-electron chi connectivity index (χ1n) is 13.6. The van der Waals surface area contributed by atoms with Gasteiger partial charge in [0.1, 0.15) is 29.5 Å². The van der Waals surface area contributed by atoms with E-state index in [4.69, 9.17) is 13.9 Å². The van der Waals surface area contributed by atoms with Crippen LogP contribution in [0.3, 0.4) is 0 Å². The number of fused-ring (bicyclic) bond motifs is 1. The van der Waals surface area contributed by atoms with Crippen molar-refractivity contribution in [1.29, 1.82) is 0 Å². The predicted molar refractivity (Wildman–Crippen MR) is 154 cm³/mol. The first kappa shape index (κ1) is 26.3. The van der Waals surface area contributed by atoms with Gasteiger partial charge in [0, 0.05) is 11.1 Å². The SMILES string of the molecule is CCOc1cc(C2c3c(-c4c(C)cc(C)cc4O)n[nH]c3C(=O)N2Cc2ccco2)ccc1OCc1ccccc1. The van der Waals surface area contributed by atoms with Crippen molar-refractivity contribution in [1.82, 2.24) is 15.1 Å². The number of amides is 1. The summed E-state index contributed by atoms with van der Waals surface area (Å²) in [6, 6.07) is 22.5. The number of aromatic hydroxyl groups is 1. The molecule has 1 unspecified atom stereocenters. The van der Waals surface area contributed by atoms with Crippen molar-refractivity contribution >= 4 is 5.91 Å². The lowest BCUT2D eigenvalue weighted by molar-refractivity contribution is 0.0716. The maximum atomic E-state index is 13.8. The Kier molecular flexibility index (Phi) is 6.97. The molecule has 6 rings (SSSR count). The van der Waals surface area contributed by atoms with Crippen LogP contribution in [0.2, 0.25) is 0 Å². The summed E-state index contributed by atoms with van der Waals surface area (Å²) in [5, 5.41) is 18.5. The van der Waals surface area contributed by atoms with Crippen molar-refractivity contribution in [2.75, 3.05) is 6.61 Å². The standard InChI is InChI=1S/C33H31N3O5/c1-4-39-27-17-23(12-13-26(27)41-19-22-9-6-5-7-10-22)32-29-30(28-21(3)15-20(2)16-25(28)37)34-35-31(29)33(38)36(32)18-24-11-8-14-40-24/h5-17,32,37H,4,18-19H2,1-3H3,(H,34,35). The Bertz CT molecular complexity index is 1670. The molecule has 0 spiro atoms. The molecule has 0 saturated carbocycles. The minimum Gasteiger partial charge on any atom is -0.507 e. The summed E-state index contributed by atoms with van der Waals surface area (Å²) in [5.41, 5.74) is 5.90. The molecular formula is C33H31N3O5. The number of nitrogens with zero attached hydrogens (tertiary/aromatic N) is 2. The number of aromatic nitrogens is 2. The van der Waals surface area contributed by atoms with Gasteiger partial charge in [-0.05, 0) is 73.4 Å². The van der Waals surface area contributed by atoms with Crippen LogP contribution < -0.4 is 9.47 Å². The highest BCUT2D eigenvalue weighted by molar-refractivity contribution is 6.00. The first-order valence-corrected chi connectivity index (χ1v) is 13.6. The number of carbonyl (C=O) groups excluding carboxylic acids is 1. The van der Waals surface area contributed by atoms with E-state index in [-0.39, 0.29) is 18.2 Å². The van der Waals surface area contributed by atoms with E-state index in [2.05, 4.69) is 10.2 Å². The Morgan fingerprint density at radius 2 is 1.83 bits per heavy atom. The number of hydrogen-bond donors (Lipinski definition) is 2. The van der Waals surface area contributed by atoms with Crippen LogP contribution >= 0.6 is 0 Å². The van der Waals surface area contributed by atoms with Gasteiger partial charge in [0.15, 0.2) is 11.5 Å². The van der Waals surface area contributed by atoms with Gasteiger partial charge >= 0.3 is 0 Å². The highest BCUT2D eigenvalue weighted by Crippen LogP contribution is 2.47. The van der Waals surface area contributed by atoms with E-state index in [1.54, 1.807) is 23.3 Å². The Labute approximate surface area is 238 Å². The number of nitrogens with one attached hydrogen (secondary N) is 1. The Morgan fingerprint density at radius 3 is 2.56 bits per heavy atom.